The molecule has 8 nitrogen and oxygen atoms in total. The second kappa shape index (κ2) is 5.93. The number of nitrogens with two attached hydrogens (primary N) is 1. The minimum atomic E-state index is -0.577. The highest BCUT2D eigenvalue weighted by atomic mass is 16.6. The van der Waals surface area contributed by atoms with E-state index in [0.717, 1.165) is 11.1 Å². The lowest BCUT2D eigenvalue weighted by Crippen LogP contribution is -2.13. The maximum Gasteiger partial charge on any atom is 0.354 e. The van der Waals surface area contributed by atoms with E-state index >= 15 is 0 Å². The van der Waals surface area contributed by atoms with Crippen molar-refractivity contribution < 1.29 is 4.92 Å². The third-order valence-corrected chi connectivity index (χ3v) is 2.72. The summed E-state index contributed by atoms with van der Waals surface area (Å²) in [6.45, 7) is 2.41. The molecule has 0 saturated carbocycles. The fraction of sp³-hybridized carbons (Fsp3) is 0.167. The van der Waals surface area contributed by atoms with Crippen LogP contribution >= 0.6 is 0 Å². The van der Waals surface area contributed by atoms with Crippen LogP contribution in [-0.4, -0.2) is 14.9 Å². The van der Waals surface area contributed by atoms with Gasteiger partial charge in [0.05, 0.1) is 4.92 Å². The maximum absolute atomic E-state index is 11.0. The third-order valence-electron chi connectivity index (χ3n) is 2.72. The number of nitrogen functional groups attached to an aromatic ring is 1. The lowest BCUT2D eigenvalue weighted by atomic mass is 10.1. The van der Waals surface area contributed by atoms with Gasteiger partial charge in [0.1, 0.15) is 6.33 Å². The first kappa shape index (κ1) is 13.7. The first-order valence-electron chi connectivity index (χ1n) is 5.87. The van der Waals surface area contributed by atoms with Crippen LogP contribution in [0.4, 0.5) is 17.3 Å². The lowest BCUT2D eigenvalue weighted by Gasteiger charge is -2.08. The van der Waals surface area contributed by atoms with Crippen LogP contribution < -0.4 is 16.6 Å². The summed E-state index contributed by atoms with van der Waals surface area (Å²) in [5.74, 6) is 5.30. The van der Waals surface area contributed by atoms with Crippen LogP contribution in [0.5, 0.6) is 0 Å². The SMILES string of the molecule is Cc1ccc(CNc2ncnc(NN)c2[N+](=O)[O-])cc1. The zero-order valence-electron chi connectivity index (χ0n) is 10.8. The summed E-state index contributed by atoms with van der Waals surface area (Å²) < 4.78 is 0. The van der Waals surface area contributed by atoms with E-state index in [4.69, 9.17) is 5.84 Å². The summed E-state index contributed by atoms with van der Waals surface area (Å²) in [7, 11) is 0. The summed E-state index contributed by atoms with van der Waals surface area (Å²) in [6.07, 6.45) is 1.21. The van der Waals surface area contributed by atoms with Crippen molar-refractivity contribution in [3.63, 3.8) is 0 Å². The molecule has 0 atom stereocenters. The van der Waals surface area contributed by atoms with Crippen LogP contribution in [0.15, 0.2) is 30.6 Å². The summed E-state index contributed by atoms with van der Waals surface area (Å²) in [6, 6.07) is 7.82. The van der Waals surface area contributed by atoms with E-state index in [2.05, 4.69) is 20.7 Å². The molecule has 4 N–H and O–H groups in total. The van der Waals surface area contributed by atoms with Gasteiger partial charge in [0.15, 0.2) is 0 Å². The second-order valence-corrected chi connectivity index (χ2v) is 4.16. The number of aryl methyl sites for hydroxylation is 1. The number of benzene rings is 1. The summed E-state index contributed by atoms with van der Waals surface area (Å²) in [5.41, 5.74) is 4.06. The molecule has 8 heteroatoms. The van der Waals surface area contributed by atoms with Crippen LogP contribution in [0.25, 0.3) is 0 Å². The third kappa shape index (κ3) is 2.98. The van der Waals surface area contributed by atoms with Crippen molar-refractivity contribution in [2.45, 2.75) is 13.5 Å². The Balaban J connectivity index is 2.21. The van der Waals surface area contributed by atoms with Crippen LogP contribution in [0.2, 0.25) is 0 Å². The molecule has 0 radical (unpaired) electrons. The number of anilines is 2. The first-order chi connectivity index (χ1) is 9.61. The van der Waals surface area contributed by atoms with Gasteiger partial charge in [-0.1, -0.05) is 29.8 Å². The Kier molecular flexibility index (Phi) is 4.06. The average Bonchev–Trinajstić information content (AvgIpc) is 2.46. The molecule has 0 bridgehead atoms. The highest BCUT2D eigenvalue weighted by Crippen LogP contribution is 2.28. The average molecular weight is 274 g/mol. The molecule has 0 fully saturated rings. The summed E-state index contributed by atoms with van der Waals surface area (Å²) >= 11 is 0. The number of nitrogens with zero attached hydrogens (tertiary/aromatic N) is 3. The zero-order valence-corrected chi connectivity index (χ0v) is 10.8. The van der Waals surface area contributed by atoms with Gasteiger partial charge in [0.2, 0.25) is 11.6 Å². The maximum atomic E-state index is 11.0. The van der Waals surface area contributed by atoms with Gasteiger partial charge < -0.3 is 10.7 Å². The van der Waals surface area contributed by atoms with E-state index in [1.54, 1.807) is 0 Å². The van der Waals surface area contributed by atoms with E-state index in [9.17, 15) is 10.1 Å². The zero-order chi connectivity index (χ0) is 14.5. The molecule has 0 aliphatic heterocycles. The number of hydrazine groups is 1. The van der Waals surface area contributed by atoms with Gasteiger partial charge in [-0.05, 0) is 12.5 Å². The molecule has 0 aliphatic carbocycles. The van der Waals surface area contributed by atoms with E-state index in [1.165, 1.54) is 6.33 Å². The number of nitrogens with one attached hydrogen (secondary N) is 2. The number of rotatable bonds is 5. The van der Waals surface area contributed by atoms with E-state index < -0.39 is 4.92 Å². The van der Waals surface area contributed by atoms with E-state index in [-0.39, 0.29) is 17.3 Å². The van der Waals surface area contributed by atoms with Crippen molar-refractivity contribution in [2.24, 2.45) is 5.84 Å². The van der Waals surface area contributed by atoms with Gasteiger partial charge in [-0.2, -0.15) is 0 Å². The molecule has 1 aromatic carbocycles. The Morgan fingerprint density at radius 2 is 1.90 bits per heavy atom. The summed E-state index contributed by atoms with van der Waals surface area (Å²) in [4.78, 5) is 18.1. The highest BCUT2D eigenvalue weighted by molar-refractivity contribution is 5.68. The van der Waals surface area contributed by atoms with Crippen LogP contribution in [-0.2, 0) is 6.54 Å². The Labute approximate surface area is 115 Å². The molecule has 104 valence electrons. The quantitative estimate of drug-likeness (QED) is 0.430. The van der Waals surface area contributed by atoms with Crippen molar-refractivity contribution in [1.29, 1.82) is 0 Å². The normalized spacial score (nSPS) is 10.1. The molecule has 2 aromatic rings. The number of aromatic nitrogens is 2. The van der Waals surface area contributed by atoms with Crippen molar-refractivity contribution in [3.8, 4) is 0 Å². The number of hydrogen-bond donors (Lipinski definition) is 3. The smallest absolute Gasteiger partial charge is 0.354 e. The van der Waals surface area contributed by atoms with Crippen LogP contribution in [0.1, 0.15) is 11.1 Å². The van der Waals surface area contributed by atoms with Crippen LogP contribution in [0, 0.1) is 17.0 Å². The van der Waals surface area contributed by atoms with Gasteiger partial charge in [0.25, 0.3) is 0 Å². The fourth-order valence-corrected chi connectivity index (χ4v) is 1.68. The van der Waals surface area contributed by atoms with Gasteiger partial charge in [-0.15, -0.1) is 0 Å². The molecular weight excluding hydrogens is 260 g/mol. The van der Waals surface area contributed by atoms with Crippen molar-refractivity contribution >= 4 is 17.3 Å². The minimum absolute atomic E-state index is 0.0311. The van der Waals surface area contributed by atoms with E-state index in [0.29, 0.717) is 6.54 Å². The molecular formula is C12H14N6O2. The van der Waals surface area contributed by atoms with Crippen LogP contribution in [0.3, 0.4) is 0 Å². The largest absolute Gasteiger partial charge is 0.360 e. The molecule has 1 heterocycles. The fourth-order valence-electron chi connectivity index (χ4n) is 1.68. The Bertz CT molecular complexity index is 614. The van der Waals surface area contributed by atoms with Crippen molar-refractivity contribution in [1.82, 2.24) is 9.97 Å². The molecule has 0 aliphatic rings. The van der Waals surface area contributed by atoms with Gasteiger partial charge in [-0.3, -0.25) is 10.1 Å². The molecule has 0 spiro atoms. The highest BCUT2D eigenvalue weighted by Gasteiger charge is 2.21. The Hall–Kier alpha value is -2.74. The molecule has 2 rings (SSSR count). The molecule has 20 heavy (non-hydrogen) atoms. The predicted molar refractivity (Wildman–Crippen MR) is 75.0 cm³/mol. The molecule has 1 aromatic heterocycles. The molecule has 0 amide bonds. The van der Waals surface area contributed by atoms with E-state index in [1.807, 2.05) is 31.2 Å². The molecule has 0 saturated heterocycles. The first-order valence-corrected chi connectivity index (χ1v) is 5.87. The standard InChI is InChI=1S/C12H14N6O2/c1-8-2-4-9(5-3-8)6-14-11-10(18(19)20)12(17-13)16-7-15-11/h2-5,7H,6,13H2,1H3,(H2,14,15,16,17). The lowest BCUT2D eigenvalue weighted by molar-refractivity contribution is -0.383. The van der Waals surface area contributed by atoms with Gasteiger partial charge >= 0.3 is 5.69 Å². The topological polar surface area (TPSA) is 119 Å². The van der Waals surface area contributed by atoms with Gasteiger partial charge in [-0.25, -0.2) is 15.8 Å². The molecule has 0 unspecified atom stereocenters. The summed E-state index contributed by atoms with van der Waals surface area (Å²) in [5, 5.41) is 14.0. The monoisotopic (exact) mass is 274 g/mol. The minimum Gasteiger partial charge on any atom is -0.360 e. The number of hydrogen-bond acceptors (Lipinski definition) is 7. The van der Waals surface area contributed by atoms with Crippen molar-refractivity contribution in [2.75, 3.05) is 10.7 Å². The second-order valence-electron chi connectivity index (χ2n) is 4.16. The van der Waals surface area contributed by atoms with Crippen molar-refractivity contribution in [3.05, 3.63) is 51.8 Å². The Morgan fingerprint density at radius 3 is 2.50 bits per heavy atom. The van der Waals surface area contributed by atoms with Gasteiger partial charge in [0, 0.05) is 6.54 Å². The predicted octanol–water partition coefficient (Wildman–Crippen LogP) is 1.59. The Morgan fingerprint density at radius 1 is 1.25 bits per heavy atom. The number of nitro groups is 1.